The molecule has 0 spiro atoms. The Labute approximate surface area is 276 Å². The molecule has 3 aliphatic heterocycles. The van der Waals surface area contributed by atoms with Crippen LogP contribution in [0.3, 0.4) is 0 Å². The Morgan fingerprint density at radius 3 is 2.15 bits per heavy atom. The summed E-state index contributed by atoms with van der Waals surface area (Å²) in [4.78, 5) is 2.49. The van der Waals surface area contributed by atoms with Crippen molar-refractivity contribution in [3.63, 3.8) is 0 Å². The Bertz CT molecular complexity index is 1870. The minimum atomic E-state index is -0.0502. The quantitative estimate of drug-likeness (QED) is 0.234. The molecule has 1 aliphatic carbocycles. The first kappa shape index (κ1) is 32.3. The van der Waals surface area contributed by atoms with Crippen molar-refractivity contribution in [2.75, 3.05) is 24.6 Å². The highest BCUT2D eigenvalue weighted by atomic mass is 16.5. The standard InChI is InChI=1S/C36H41N2O.C6H12O/c1-10-37-30-18-32-28(16-26(30)23(4)20-35(37,6)7)34(25-15-13-12-14-22(25)3)29-17-27-24(5)21-36(8,9)38(11-2)31(27)19-33(29)39-32;7-5-6-3-1-2-4-6/h12-21H,10-11H2,1-9H3;6-7H,1-5H2/q+1;. The molecule has 0 radical (unpaired) electrons. The molecule has 3 heterocycles. The number of fused-ring (bicyclic) bond motifs is 4. The second-order valence-corrected chi connectivity index (χ2v) is 14.8. The van der Waals surface area contributed by atoms with Crippen LogP contribution in [-0.2, 0) is 0 Å². The molecule has 1 fully saturated rings. The number of benzene rings is 3. The average Bonchev–Trinajstić information content (AvgIpc) is 3.53. The van der Waals surface area contributed by atoms with E-state index in [0.717, 1.165) is 24.6 Å². The van der Waals surface area contributed by atoms with Crippen LogP contribution in [0.4, 0.5) is 5.69 Å². The van der Waals surface area contributed by atoms with E-state index in [1.165, 1.54) is 86.5 Å². The van der Waals surface area contributed by atoms with Crippen LogP contribution in [-0.4, -0.2) is 35.9 Å². The van der Waals surface area contributed by atoms with Gasteiger partial charge in [-0.05, 0) is 108 Å². The van der Waals surface area contributed by atoms with E-state index in [0.29, 0.717) is 12.5 Å². The lowest BCUT2D eigenvalue weighted by atomic mass is 9.83. The molecule has 4 aliphatic rings. The second-order valence-electron chi connectivity index (χ2n) is 14.8. The van der Waals surface area contributed by atoms with Crippen molar-refractivity contribution >= 4 is 22.4 Å². The third kappa shape index (κ3) is 5.53. The van der Waals surface area contributed by atoms with E-state index in [1.54, 1.807) is 0 Å². The van der Waals surface area contributed by atoms with Crippen molar-refractivity contribution in [1.82, 2.24) is 4.58 Å². The summed E-state index contributed by atoms with van der Waals surface area (Å²) in [7, 11) is 0. The van der Waals surface area contributed by atoms with Crippen molar-refractivity contribution in [3.8, 4) is 11.5 Å². The number of aryl methyl sites for hydroxylation is 1. The summed E-state index contributed by atoms with van der Waals surface area (Å²) in [5.41, 5.74) is 11.3. The van der Waals surface area contributed by atoms with Gasteiger partial charge < -0.3 is 14.7 Å². The number of rotatable bonds is 4. The molecule has 0 saturated heterocycles. The molecule has 1 N–H and O–H groups in total. The first-order valence-corrected chi connectivity index (χ1v) is 17.4. The summed E-state index contributed by atoms with van der Waals surface area (Å²) >= 11 is 0. The average molecular weight is 618 g/mol. The van der Waals surface area contributed by atoms with Gasteiger partial charge in [-0.1, -0.05) is 43.2 Å². The summed E-state index contributed by atoms with van der Waals surface area (Å²) < 4.78 is 9.37. The number of ether oxygens (including phenoxy) is 1. The molecule has 1 saturated carbocycles. The molecule has 0 bridgehead atoms. The fraction of sp³-hybridized carbons (Fsp3) is 0.452. The molecule has 242 valence electrons. The van der Waals surface area contributed by atoms with E-state index < -0.39 is 0 Å². The van der Waals surface area contributed by atoms with Crippen molar-refractivity contribution in [3.05, 3.63) is 99.1 Å². The lowest BCUT2D eigenvalue weighted by Crippen LogP contribution is -2.49. The molecular formula is C42H53N2O2+. The fourth-order valence-electron chi connectivity index (χ4n) is 8.52. The van der Waals surface area contributed by atoms with Gasteiger partial charge in [-0.25, -0.2) is 4.58 Å². The Balaban J connectivity index is 0.000000471. The lowest BCUT2D eigenvalue weighted by Gasteiger charge is -2.43. The van der Waals surface area contributed by atoms with Crippen LogP contribution < -0.4 is 24.8 Å². The van der Waals surface area contributed by atoms with Crippen LogP contribution in [0, 0.1) is 12.8 Å². The number of aliphatic hydroxyl groups excluding tert-OH is 1. The highest BCUT2D eigenvalue weighted by Gasteiger charge is 2.36. The van der Waals surface area contributed by atoms with Crippen LogP contribution in [0.15, 0.2) is 60.7 Å². The van der Waals surface area contributed by atoms with Crippen LogP contribution in [0.1, 0.15) is 109 Å². The van der Waals surface area contributed by atoms with E-state index in [4.69, 9.17) is 9.84 Å². The van der Waals surface area contributed by atoms with E-state index in [-0.39, 0.29) is 11.1 Å². The Hall–Kier alpha value is -3.63. The van der Waals surface area contributed by atoms with Crippen molar-refractivity contribution in [1.29, 1.82) is 0 Å². The Kier molecular flexibility index (Phi) is 8.56. The van der Waals surface area contributed by atoms with Gasteiger partial charge in [-0.15, -0.1) is 0 Å². The maximum absolute atomic E-state index is 8.57. The van der Waals surface area contributed by atoms with E-state index >= 15 is 0 Å². The zero-order valence-corrected chi connectivity index (χ0v) is 29.6. The molecule has 4 nitrogen and oxygen atoms in total. The van der Waals surface area contributed by atoms with Crippen LogP contribution >= 0.6 is 0 Å². The number of nitrogens with zero attached hydrogens (tertiary/aromatic N) is 2. The first-order valence-electron chi connectivity index (χ1n) is 17.4. The summed E-state index contributed by atoms with van der Waals surface area (Å²) in [5.74, 6) is 2.53. The zero-order chi connectivity index (χ0) is 33.0. The molecule has 0 atom stereocenters. The predicted octanol–water partition coefficient (Wildman–Crippen LogP) is 8.25. The maximum atomic E-state index is 8.57. The lowest BCUT2D eigenvalue weighted by molar-refractivity contribution is 0.230. The van der Waals surface area contributed by atoms with Gasteiger partial charge >= 0.3 is 0 Å². The largest absolute Gasteiger partial charge is 0.456 e. The minimum absolute atomic E-state index is 0.0502. The molecule has 46 heavy (non-hydrogen) atoms. The van der Waals surface area contributed by atoms with Gasteiger partial charge in [0.1, 0.15) is 18.0 Å². The molecule has 7 rings (SSSR count). The van der Waals surface area contributed by atoms with Crippen molar-refractivity contribution < 1.29 is 9.84 Å². The van der Waals surface area contributed by atoms with Gasteiger partial charge in [0.2, 0.25) is 5.36 Å². The van der Waals surface area contributed by atoms with Crippen molar-refractivity contribution in [2.45, 2.75) is 99.1 Å². The molecular weight excluding hydrogens is 564 g/mol. The highest BCUT2D eigenvalue weighted by Crippen LogP contribution is 2.46. The molecule has 3 aromatic rings. The normalized spacial score (nSPS) is 19.1. The molecule has 0 unspecified atom stereocenters. The smallest absolute Gasteiger partial charge is 0.211 e. The number of hydrogen-bond acceptors (Lipinski definition) is 3. The number of anilines is 1. The van der Waals surface area contributed by atoms with Gasteiger partial charge in [-0.2, -0.15) is 0 Å². The number of allylic oxidation sites excluding steroid dienone is 2. The summed E-state index contributed by atoms with van der Waals surface area (Å²) in [5, 5.41) is 11.0. The Morgan fingerprint density at radius 2 is 1.52 bits per heavy atom. The van der Waals surface area contributed by atoms with Crippen LogP contribution in [0.2, 0.25) is 0 Å². The summed E-state index contributed by atoms with van der Waals surface area (Å²) in [6.45, 7) is 22.7. The number of likely N-dealkylation sites (N-methyl/N-ethyl adjacent to an activating group) is 2. The minimum Gasteiger partial charge on any atom is -0.456 e. The third-order valence-electron chi connectivity index (χ3n) is 10.7. The van der Waals surface area contributed by atoms with E-state index in [2.05, 4.69) is 132 Å². The van der Waals surface area contributed by atoms with E-state index in [9.17, 15) is 0 Å². The molecule has 0 amide bonds. The maximum Gasteiger partial charge on any atom is 0.211 e. The monoisotopic (exact) mass is 617 g/mol. The van der Waals surface area contributed by atoms with E-state index in [1.807, 2.05) is 0 Å². The van der Waals surface area contributed by atoms with Gasteiger partial charge in [0, 0.05) is 66.2 Å². The number of aliphatic hydroxyl groups is 1. The third-order valence-corrected chi connectivity index (χ3v) is 10.7. The topological polar surface area (TPSA) is 35.7 Å². The highest BCUT2D eigenvalue weighted by molar-refractivity contribution is 5.92. The second kappa shape index (κ2) is 12.2. The summed E-state index contributed by atoms with van der Waals surface area (Å²) in [6.07, 6.45) is 10.0. The molecule has 3 aromatic carbocycles. The van der Waals surface area contributed by atoms with Crippen molar-refractivity contribution in [2.24, 2.45) is 5.92 Å². The van der Waals surface area contributed by atoms with Gasteiger partial charge in [0.15, 0.2) is 5.54 Å². The molecule has 0 aromatic heterocycles. The van der Waals surface area contributed by atoms with Gasteiger partial charge in [0.05, 0.1) is 11.6 Å². The first-order chi connectivity index (χ1) is 21.9. The van der Waals surface area contributed by atoms with Crippen LogP contribution in [0.5, 0.6) is 11.5 Å². The van der Waals surface area contributed by atoms with Crippen LogP contribution in [0.25, 0.3) is 16.7 Å². The van der Waals surface area contributed by atoms with Gasteiger partial charge in [-0.3, -0.25) is 0 Å². The predicted molar refractivity (Wildman–Crippen MR) is 194 cm³/mol. The summed E-state index contributed by atoms with van der Waals surface area (Å²) in [6, 6.07) is 18.1. The zero-order valence-electron chi connectivity index (χ0n) is 29.6. The number of hydrogen-bond donors (Lipinski definition) is 1. The Morgan fingerprint density at radius 1 is 0.826 bits per heavy atom. The SMILES string of the molecule is CCN1c2cc3c(cc2C(C)=CC1(C)C)C(c1ccccc1C)=c1cc2c(cc1O3)=[N+](CC)C(C)(C)C=C2C.OCC1CCCC1. The van der Waals surface area contributed by atoms with Gasteiger partial charge in [0.25, 0.3) is 0 Å². The molecule has 4 heteroatoms. The fourth-order valence-corrected chi connectivity index (χ4v) is 8.52.